The Morgan fingerprint density at radius 2 is 2.06 bits per heavy atom. The molecule has 90 valence electrons. The number of hydrogen-bond acceptors (Lipinski definition) is 4. The Labute approximate surface area is 100 Å². The lowest BCUT2D eigenvalue weighted by molar-refractivity contribution is -0.0697. The summed E-state index contributed by atoms with van der Waals surface area (Å²) in [6.07, 6.45) is 1.76. The molecule has 1 saturated heterocycles. The molecular weight excluding hydrogens is 224 g/mol. The van der Waals surface area contributed by atoms with Gasteiger partial charge in [-0.2, -0.15) is 0 Å². The lowest BCUT2D eigenvalue weighted by Gasteiger charge is -2.13. The third kappa shape index (κ3) is 3.28. The van der Waals surface area contributed by atoms with Crippen molar-refractivity contribution >= 4 is 11.3 Å². The molecule has 1 fully saturated rings. The number of aryl methyl sites for hydroxylation is 1. The topological polar surface area (TPSA) is 38.7 Å². The van der Waals surface area contributed by atoms with E-state index in [0.717, 1.165) is 6.42 Å². The van der Waals surface area contributed by atoms with E-state index in [0.29, 0.717) is 26.1 Å². The fourth-order valence-electron chi connectivity index (χ4n) is 1.80. The monoisotopic (exact) mass is 242 g/mol. The molecule has 1 aromatic rings. The van der Waals surface area contributed by atoms with Gasteiger partial charge in [0.05, 0.1) is 19.3 Å². The van der Waals surface area contributed by atoms with Crippen molar-refractivity contribution in [2.24, 2.45) is 0 Å². The highest BCUT2D eigenvalue weighted by Crippen LogP contribution is 2.20. The Balaban J connectivity index is 1.79. The Morgan fingerprint density at radius 1 is 1.38 bits per heavy atom. The Kier molecular flexibility index (Phi) is 4.35. The minimum atomic E-state index is -0.369. The molecule has 0 saturated carbocycles. The summed E-state index contributed by atoms with van der Waals surface area (Å²) < 4.78 is 10.6. The van der Waals surface area contributed by atoms with Crippen LogP contribution in [0.1, 0.15) is 23.1 Å². The van der Waals surface area contributed by atoms with Crippen LogP contribution in [0, 0.1) is 0 Å². The van der Waals surface area contributed by atoms with Gasteiger partial charge >= 0.3 is 0 Å². The van der Waals surface area contributed by atoms with Gasteiger partial charge in [-0.25, -0.2) is 0 Å². The maximum atomic E-state index is 9.89. The summed E-state index contributed by atoms with van der Waals surface area (Å²) in [6, 6.07) is 4.23. The first-order valence-corrected chi connectivity index (χ1v) is 6.58. The maximum Gasteiger partial charge on any atom is 0.160 e. The van der Waals surface area contributed by atoms with Crippen molar-refractivity contribution in [2.45, 2.75) is 38.6 Å². The third-order valence-electron chi connectivity index (χ3n) is 2.66. The SMILES string of the molecule is CCc1ccc(CC(O)CC2OCCO2)s1. The minimum Gasteiger partial charge on any atom is -0.393 e. The Bertz CT molecular complexity index is 318. The van der Waals surface area contributed by atoms with Gasteiger partial charge in [0.15, 0.2) is 6.29 Å². The van der Waals surface area contributed by atoms with Crippen molar-refractivity contribution in [3.8, 4) is 0 Å². The van der Waals surface area contributed by atoms with Crippen molar-refractivity contribution < 1.29 is 14.6 Å². The fraction of sp³-hybridized carbons (Fsp3) is 0.667. The summed E-state index contributed by atoms with van der Waals surface area (Å²) in [5, 5.41) is 9.89. The van der Waals surface area contributed by atoms with E-state index in [1.54, 1.807) is 11.3 Å². The van der Waals surface area contributed by atoms with Crippen LogP contribution in [-0.2, 0) is 22.3 Å². The molecule has 0 bridgehead atoms. The first-order valence-electron chi connectivity index (χ1n) is 5.76. The Morgan fingerprint density at radius 3 is 2.69 bits per heavy atom. The van der Waals surface area contributed by atoms with E-state index in [1.807, 2.05) is 0 Å². The van der Waals surface area contributed by atoms with Gasteiger partial charge in [0, 0.05) is 22.6 Å². The van der Waals surface area contributed by atoms with Crippen molar-refractivity contribution in [2.75, 3.05) is 13.2 Å². The molecule has 4 heteroatoms. The van der Waals surface area contributed by atoms with E-state index >= 15 is 0 Å². The van der Waals surface area contributed by atoms with E-state index in [1.165, 1.54) is 9.75 Å². The smallest absolute Gasteiger partial charge is 0.160 e. The van der Waals surface area contributed by atoms with Crippen LogP contribution in [0.3, 0.4) is 0 Å². The number of ether oxygens (including phenoxy) is 2. The molecule has 1 aromatic heterocycles. The van der Waals surface area contributed by atoms with Gasteiger partial charge in [-0.1, -0.05) is 6.92 Å². The third-order valence-corrected chi connectivity index (χ3v) is 3.91. The van der Waals surface area contributed by atoms with Crippen LogP contribution in [-0.4, -0.2) is 30.7 Å². The second-order valence-corrected chi connectivity index (χ2v) is 5.24. The summed E-state index contributed by atoms with van der Waals surface area (Å²) in [6.45, 7) is 3.44. The normalized spacial score (nSPS) is 19.1. The summed E-state index contributed by atoms with van der Waals surface area (Å²) >= 11 is 1.78. The predicted octanol–water partition coefficient (Wildman–Crippen LogP) is 1.98. The van der Waals surface area contributed by atoms with E-state index in [-0.39, 0.29) is 12.4 Å². The quantitative estimate of drug-likeness (QED) is 0.858. The summed E-state index contributed by atoms with van der Waals surface area (Å²) in [5.74, 6) is 0. The maximum absolute atomic E-state index is 9.89. The molecule has 1 N–H and O–H groups in total. The van der Waals surface area contributed by atoms with Gasteiger partial charge < -0.3 is 14.6 Å². The molecule has 1 aliphatic heterocycles. The second kappa shape index (κ2) is 5.77. The van der Waals surface area contributed by atoms with Gasteiger partial charge in [0.2, 0.25) is 0 Å². The number of rotatable bonds is 5. The fourth-order valence-corrected chi connectivity index (χ4v) is 2.83. The average molecular weight is 242 g/mol. The molecule has 1 aliphatic rings. The van der Waals surface area contributed by atoms with Crippen molar-refractivity contribution in [3.63, 3.8) is 0 Å². The number of aliphatic hydroxyl groups excluding tert-OH is 1. The van der Waals surface area contributed by atoms with Crippen LogP contribution in [0.15, 0.2) is 12.1 Å². The number of hydrogen-bond donors (Lipinski definition) is 1. The van der Waals surface area contributed by atoms with Crippen molar-refractivity contribution in [1.82, 2.24) is 0 Å². The van der Waals surface area contributed by atoms with Crippen LogP contribution in [0.4, 0.5) is 0 Å². The van der Waals surface area contributed by atoms with Gasteiger partial charge in [-0.05, 0) is 18.6 Å². The lowest BCUT2D eigenvalue weighted by Crippen LogP contribution is -2.20. The number of thiophene rings is 1. The van der Waals surface area contributed by atoms with E-state index in [2.05, 4.69) is 19.1 Å². The van der Waals surface area contributed by atoms with Crippen LogP contribution >= 0.6 is 11.3 Å². The molecule has 16 heavy (non-hydrogen) atoms. The zero-order valence-corrected chi connectivity index (χ0v) is 10.3. The first kappa shape index (κ1) is 12.0. The van der Waals surface area contributed by atoms with Crippen LogP contribution in [0.2, 0.25) is 0 Å². The van der Waals surface area contributed by atoms with Crippen LogP contribution < -0.4 is 0 Å². The van der Waals surface area contributed by atoms with E-state index < -0.39 is 0 Å². The van der Waals surface area contributed by atoms with Gasteiger partial charge in [0.25, 0.3) is 0 Å². The minimum absolute atomic E-state index is 0.208. The number of aliphatic hydroxyl groups is 1. The molecule has 0 amide bonds. The zero-order valence-electron chi connectivity index (χ0n) is 9.52. The largest absolute Gasteiger partial charge is 0.393 e. The Hall–Kier alpha value is -0.420. The molecule has 0 aromatic carbocycles. The first-order chi connectivity index (χ1) is 7.78. The predicted molar refractivity (Wildman–Crippen MR) is 63.7 cm³/mol. The van der Waals surface area contributed by atoms with Gasteiger partial charge in [0.1, 0.15) is 0 Å². The highest BCUT2D eigenvalue weighted by atomic mass is 32.1. The molecule has 0 radical (unpaired) electrons. The van der Waals surface area contributed by atoms with Crippen molar-refractivity contribution in [3.05, 3.63) is 21.9 Å². The molecule has 0 spiro atoms. The zero-order chi connectivity index (χ0) is 11.4. The molecule has 1 atom stereocenters. The van der Waals surface area contributed by atoms with Gasteiger partial charge in [-0.15, -0.1) is 11.3 Å². The average Bonchev–Trinajstić information content (AvgIpc) is 2.89. The molecule has 3 nitrogen and oxygen atoms in total. The molecule has 1 unspecified atom stereocenters. The van der Waals surface area contributed by atoms with Gasteiger partial charge in [-0.3, -0.25) is 0 Å². The second-order valence-electron chi connectivity index (χ2n) is 3.99. The molecular formula is C12H18O3S. The van der Waals surface area contributed by atoms with E-state index in [4.69, 9.17) is 9.47 Å². The van der Waals surface area contributed by atoms with Crippen molar-refractivity contribution in [1.29, 1.82) is 0 Å². The van der Waals surface area contributed by atoms with E-state index in [9.17, 15) is 5.11 Å². The molecule has 0 aliphatic carbocycles. The summed E-state index contributed by atoms with van der Waals surface area (Å²) in [5.41, 5.74) is 0. The lowest BCUT2D eigenvalue weighted by atomic mass is 10.1. The molecule has 2 rings (SSSR count). The standard InChI is InChI=1S/C12H18O3S/c1-2-10-3-4-11(16-10)7-9(13)8-12-14-5-6-15-12/h3-4,9,12-13H,2,5-8H2,1H3. The molecule has 2 heterocycles. The van der Waals surface area contributed by atoms with Crippen LogP contribution in [0.25, 0.3) is 0 Å². The highest BCUT2D eigenvalue weighted by molar-refractivity contribution is 7.11. The summed E-state index contributed by atoms with van der Waals surface area (Å²) in [7, 11) is 0. The van der Waals surface area contributed by atoms with Crippen LogP contribution in [0.5, 0.6) is 0 Å². The highest BCUT2D eigenvalue weighted by Gasteiger charge is 2.20. The summed E-state index contributed by atoms with van der Waals surface area (Å²) in [4.78, 5) is 2.61.